The normalized spacial score (nSPS) is 10.0. The van der Waals surface area contributed by atoms with Crippen LogP contribution in [0.1, 0.15) is 5.56 Å². The molecule has 0 bridgehead atoms. The first-order valence-electron chi connectivity index (χ1n) is 5.16. The Morgan fingerprint density at radius 2 is 1.88 bits per heavy atom. The second-order valence-corrected chi connectivity index (χ2v) is 3.75. The minimum atomic E-state index is 0.368. The van der Waals surface area contributed by atoms with Crippen LogP contribution in [0, 0.1) is 0 Å². The molecule has 0 atom stereocenters. The van der Waals surface area contributed by atoms with E-state index in [0.717, 1.165) is 5.56 Å². The number of halogens is 1. The molecule has 2 rings (SSSR count). The van der Waals surface area contributed by atoms with Gasteiger partial charge in [-0.1, -0.05) is 29.8 Å². The van der Waals surface area contributed by atoms with Crippen LogP contribution >= 0.6 is 11.6 Å². The molecule has 0 N–H and O–H groups in total. The Hall–Kier alpha value is -1.74. The number of nitrogens with zero attached hydrogens (tertiary/aromatic N) is 1. The molecule has 0 aliphatic heterocycles. The third-order valence-electron chi connectivity index (χ3n) is 2.29. The highest BCUT2D eigenvalue weighted by molar-refractivity contribution is 6.30. The Morgan fingerprint density at radius 1 is 1.12 bits per heavy atom. The summed E-state index contributed by atoms with van der Waals surface area (Å²) in [5.74, 6) is 1.39. The molecule has 0 fully saturated rings. The van der Waals surface area contributed by atoms with Crippen LogP contribution in [0.2, 0.25) is 5.15 Å². The maximum absolute atomic E-state index is 5.94. The zero-order valence-corrected chi connectivity index (χ0v) is 10.1. The fraction of sp³-hybridized carbons (Fsp3) is 0.154. The molecule has 0 saturated heterocycles. The lowest BCUT2D eigenvalue weighted by Gasteiger charge is -2.10. The summed E-state index contributed by atoms with van der Waals surface area (Å²) in [5.41, 5.74) is 0.847. The molecular formula is C13H12ClNO2. The van der Waals surface area contributed by atoms with E-state index in [9.17, 15) is 0 Å². The van der Waals surface area contributed by atoms with Gasteiger partial charge in [-0.15, -0.1) is 0 Å². The van der Waals surface area contributed by atoms with Crippen molar-refractivity contribution in [1.82, 2.24) is 4.98 Å². The summed E-state index contributed by atoms with van der Waals surface area (Å²) >= 11 is 5.94. The Bertz CT molecular complexity index is 502. The van der Waals surface area contributed by atoms with Gasteiger partial charge in [0.25, 0.3) is 0 Å². The molecule has 0 aliphatic rings. The van der Waals surface area contributed by atoms with Crippen molar-refractivity contribution in [1.29, 1.82) is 0 Å². The highest BCUT2D eigenvalue weighted by Gasteiger charge is 2.05. The fourth-order valence-electron chi connectivity index (χ4n) is 1.42. The fourth-order valence-corrected chi connectivity index (χ4v) is 1.59. The van der Waals surface area contributed by atoms with Crippen LogP contribution in [0.25, 0.3) is 0 Å². The molecule has 0 aliphatic carbocycles. The average molecular weight is 250 g/mol. The SMILES string of the molecule is COc1ccccc1OCc1cccnc1Cl. The van der Waals surface area contributed by atoms with E-state index in [1.165, 1.54) is 0 Å². The van der Waals surface area contributed by atoms with E-state index in [2.05, 4.69) is 4.98 Å². The molecule has 4 heteroatoms. The van der Waals surface area contributed by atoms with E-state index in [1.807, 2.05) is 36.4 Å². The predicted octanol–water partition coefficient (Wildman–Crippen LogP) is 3.32. The minimum absolute atomic E-state index is 0.368. The summed E-state index contributed by atoms with van der Waals surface area (Å²) in [6, 6.07) is 11.2. The van der Waals surface area contributed by atoms with Gasteiger partial charge in [-0.2, -0.15) is 0 Å². The Labute approximate surface area is 105 Å². The van der Waals surface area contributed by atoms with Gasteiger partial charge in [0.2, 0.25) is 0 Å². The second-order valence-electron chi connectivity index (χ2n) is 3.39. The first-order chi connectivity index (χ1) is 8.31. The molecule has 1 heterocycles. The number of para-hydroxylation sites is 2. The largest absolute Gasteiger partial charge is 0.493 e. The Kier molecular flexibility index (Phi) is 3.83. The van der Waals surface area contributed by atoms with E-state index in [0.29, 0.717) is 23.3 Å². The van der Waals surface area contributed by atoms with E-state index in [4.69, 9.17) is 21.1 Å². The summed E-state index contributed by atoms with van der Waals surface area (Å²) in [4.78, 5) is 3.99. The third kappa shape index (κ3) is 2.88. The first-order valence-corrected chi connectivity index (χ1v) is 5.54. The summed E-state index contributed by atoms with van der Waals surface area (Å²) < 4.78 is 10.8. The van der Waals surface area contributed by atoms with Crippen LogP contribution in [-0.4, -0.2) is 12.1 Å². The lowest BCUT2D eigenvalue weighted by atomic mass is 10.3. The molecule has 0 unspecified atom stereocenters. The van der Waals surface area contributed by atoms with Crippen molar-refractivity contribution in [3.05, 3.63) is 53.3 Å². The number of pyridine rings is 1. The lowest BCUT2D eigenvalue weighted by molar-refractivity contribution is 0.284. The average Bonchev–Trinajstić information content (AvgIpc) is 2.38. The molecule has 88 valence electrons. The van der Waals surface area contributed by atoms with Gasteiger partial charge in [0.15, 0.2) is 11.5 Å². The molecule has 2 aromatic rings. The van der Waals surface area contributed by atoms with E-state index in [-0.39, 0.29) is 0 Å². The lowest BCUT2D eigenvalue weighted by Crippen LogP contribution is -1.98. The highest BCUT2D eigenvalue weighted by Crippen LogP contribution is 2.27. The monoisotopic (exact) mass is 249 g/mol. The van der Waals surface area contributed by atoms with Crippen molar-refractivity contribution in [2.24, 2.45) is 0 Å². The van der Waals surface area contributed by atoms with Crippen LogP contribution in [0.15, 0.2) is 42.6 Å². The summed E-state index contributed by atoms with van der Waals surface area (Å²) in [6.07, 6.45) is 1.65. The van der Waals surface area contributed by atoms with E-state index in [1.54, 1.807) is 13.3 Å². The molecule has 17 heavy (non-hydrogen) atoms. The first kappa shape index (κ1) is 11.7. The second kappa shape index (κ2) is 5.55. The zero-order valence-electron chi connectivity index (χ0n) is 9.39. The van der Waals surface area contributed by atoms with Gasteiger partial charge in [-0.05, 0) is 18.2 Å². The number of hydrogen-bond donors (Lipinski definition) is 0. The van der Waals surface area contributed by atoms with Gasteiger partial charge >= 0.3 is 0 Å². The predicted molar refractivity (Wildman–Crippen MR) is 66.6 cm³/mol. The van der Waals surface area contributed by atoms with Crippen molar-refractivity contribution in [2.75, 3.05) is 7.11 Å². The molecular weight excluding hydrogens is 238 g/mol. The van der Waals surface area contributed by atoms with E-state index < -0.39 is 0 Å². The molecule has 1 aromatic carbocycles. The molecule has 0 amide bonds. The topological polar surface area (TPSA) is 31.4 Å². The molecule has 0 spiro atoms. The summed E-state index contributed by atoms with van der Waals surface area (Å²) in [5, 5.41) is 0.461. The molecule has 0 saturated carbocycles. The van der Waals surface area contributed by atoms with Gasteiger partial charge in [0.05, 0.1) is 7.11 Å². The number of methoxy groups -OCH3 is 1. The minimum Gasteiger partial charge on any atom is -0.493 e. The quantitative estimate of drug-likeness (QED) is 0.779. The van der Waals surface area contributed by atoms with Gasteiger partial charge in [0, 0.05) is 11.8 Å². The standard InChI is InChI=1S/C13H12ClNO2/c1-16-11-6-2-3-7-12(11)17-9-10-5-4-8-15-13(10)14/h2-8H,9H2,1H3. The highest BCUT2D eigenvalue weighted by atomic mass is 35.5. The van der Waals surface area contributed by atoms with Gasteiger partial charge < -0.3 is 9.47 Å². The van der Waals surface area contributed by atoms with E-state index >= 15 is 0 Å². The third-order valence-corrected chi connectivity index (χ3v) is 2.63. The smallest absolute Gasteiger partial charge is 0.161 e. The number of rotatable bonds is 4. The van der Waals surface area contributed by atoms with Crippen molar-refractivity contribution in [2.45, 2.75) is 6.61 Å². The van der Waals surface area contributed by atoms with Crippen LogP contribution in [0.5, 0.6) is 11.5 Å². The van der Waals surface area contributed by atoms with Crippen molar-refractivity contribution < 1.29 is 9.47 Å². The summed E-state index contributed by atoms with van der Waals surface area (Å²) in [6.45, 7) is 0.368. The maximum Gasteiger partial charge on any atom is 0.161 e. The number of hydrogen-bond acceptors (Lipinski definition) is 3. The van der Waals surface area contributed by atoms with Crippen LogP contribution in [0.3, 0.4) is 0 Å². The molecule has 0 radical (unpaired) electrons. The van der Waals surface area contributed by atoms with Gasteiger partial charge in [-0.3, -0.25) is 0 Å². The Balaban J connectivity index is 2.10. The van der Waals surface area contributed by atoms with Crippen LogP contribution in [-0.2, 0) is 6.61 Å². The number of ether oxygens (including phenoxy) is 2. The van der Waals surface area contributed by atoms with Crippen LogP contribution < -0.4 is 9.47 Å². The number of aromatic nitrogens is 1. The number of benzene rings is 1. The maximum atomic E-state index is 5.94. The van der Waals surface area contributed by atoms with Gasteiger partial charge in [-0.25, -0.2) is 4.98 Å². The van der Waals surface area contributed by atoms with Gasteiger partial charge in [0.1, 0.15) is 11.8 Å². The zero-order chi connectivity index (χ0) is 12.1. The summed E-state index contributed by atoms with van der Waals surface area (Å²) in [7, 11) is 1.61. The Morgan fingerprint density at radius 3 is 2.59 bits per heavy atom. The molecule has 1 aromatic heterocycles. The van der Waals surface area contributed by atoms with Crippen molar-refractivity contribution in [3.63, 3.8) is 0 Å². The van der Waals surface area contributed by atoms with Crippen molar-refractivity contribution >= 4 is 11.6 Å². The van der Waals surface area contributed by atoms with Crippen LogP contribution in [0.4, 0.5) is 0 Å². The van der Waals surface area contributed by atoms with Crippen molar-refractivity contribution in [3.8, 4) is 11.5 Å². The molecule has 3 nitrogen and oxygen atoms in total.